The van der Waals surface area contributed by atoms with Crippen LogP contribution in [0.15, 0.2) is 30.3 Å². The summed E-state index contributed by atoms with van der Waals surface area (Å²) in [5.41, 5.74) is 0.790. The molecule has 0 fully saturated rings. The molecule has 5 heteroatoms. The lowest BCUT2D eigenvalue weighted by molar-refractivity contribution is -0.139. The van der Waals surface area contributed by atoms with Crippen molar-refractivity contribution < 1.29 is 19.8 Å². The van der Waals surface area contributed by atoms with Crippen molar-refractivity contribution in [1.82, 2.24) is 5.32 Å². The molecule has 92 valence electrons. The second-order valence-corrected chi connectivity index (χ2v) is 3.61. The number of amides is 1. The summed E-state index contributed by atoms with van der Waals surface area (Å²) in [4.78, 5) is 21.7. The van der Waals surface area contributed by atoms with E-state index in [-0.39, 0.29) is 25.4 Å². The van der Waals surface area contributed by atoms with Gasteiger partial charge in [0.2, 0.25) is 5.91 Å². The monoisotopic (exact) mass is 237 g/mol. The molecule has 0 heterocycles. The van der Waals surface area contributed by atoms with Crippen molar-refractivity contribution in [2.45, 2.75) is 18.9 Å². The standard InChI is InChI=1S/C12H15NO4/c14-8-10(9-4-2-1-3-5-9)13-11(15)6-7-12(16)17/h1-5,10,14H,6-8H2,(H,13,15)(H,16,17)/t10-/m1/s1. The van der Waals surface area contributed by atoms with Crippen molar-refractivity contribution in [1.29, 1.82) is 0 Å². The molecule has 0 spiro atoms. The average Bonchev–Trinajstić information content (AvgIpc) is 2.34. The number of aliphatic carboxylic acids is 1. The van der Waals surface area contributed by atoms with Crippen molar-refractivity contribution >= 4 is 11.9 Å². The van der Waals surface area contributed by atoms with Crippen LogP contribution < -0.4 is 5.32 Å². The first kappa shape index (κ1) is 13.2. The van der Waals surface area contributed by atoms with E-state index in [2.05, 4.69) is 5.32 Å². The van der Waals surface area contributed by atoms with Gasteiger partial charge in [0.15, 0.2) is 0 Å². The molecule has 0 bridgehead atoms. The van der Waals surface area contributed by atoms with Gasteiger partial charge in [0.05, 0.1) is 19.1 Å². The molecule has 0 aliphatic heterocycles. The summed E-state index contributed by atoms with van der Waals surface area (Å²) in [5.74, 6) is -1.39. The van der Waals surface area contributed by atoms with Crippen LogP contribution in [-0.2, 0) is 9.59 Å². The molecule has 0 saturated heterocycles. The molecular weight excluding hydrogens is 222 g/mol. The molecule has 17 heavy (non-hydrogen) atoms. The lowest BCUT2D eigenvalue weighted by Gasteiger charge is -2.16. The normalized spacial score (nSPS) is 11.8. The smallest absolute Gasteiger partial charge is 0.303 e. The highest BCUT2D eigenvalue weighted by Crippen LogP contribution is 2.11. The topological polar surface area (TPSA) is 86.6 Å². The molecule has 1 atom stereocenters. The van der Waals surface area contributed by atoms with Crippen LogP contribution in [0.3, 0.4) is 0 Å². The highest BCUT2D eigenvalue weighted by molar-refractivity contribution is 5.80. The fraction of sp³-hybridized carbons (Fsp3) is 0.333. The van der Waals surface area contributed by atoms with E-state index in [4.69, 9.17) is 5.11 Å². The maximum Gasteiger partial charge on any atom is 0.303 e. The molecule has 0 aromatic heterocycles. The Labute approximate surface area is 99.1 Å². The number of hydrogen-bond donors (Lipinski definition) is 3. The predicted octanol–water partition coefficient (Wildman–Crippen LogP) is 0.701. The third-order valence-corrected chi connectivity index (χ3v) is 2.29. The number of carboxylic acid groups (broad SMARTS) is 1. The molecule has 0 saturated carbocycles. The van der Waals surface area contributed by atoms with Gasteiger partial charge in [-0.2, -0.15) is 0 Å². The molecule has 1 aromatic rings. The summed E-state index contributed by atoms with van der Waals surface area (Å²) in [6.07, 6.45) is -0.294. The predicted molar refractivity (Wildman–Crippen MR) is 61.3 cm³/mol. The number of carbonyl (C=O) groups excluding carboxylic acids is 1. The maximum atomic E-state index is 11.4. The number of aliphatic hydroxyl groups is 1. The van der Waals surface area contributed by atoms with E-state index in [1.165, 1.54) is 0 Å². The van der Waals surface area contributed by atoms with Crippen molar-refractivity contribution in [3.8, 4) is 0 Å². The highest BCUT2D eigenvalue weighted by atomic mass is 16.4. The van der Waals surface area contributed by atoms with Crippen LogP contribution in [-0.4, -0.2) is 28.7 Å². The summed E-state index contributed by atoms with van der Waals surface area (Å²) in [6, 6.07) is 8.54. The van der Waals surface area contributed by atoms with Crippen LogP contribution >= 0.6 is 0 Å². The lowest BCUT2D eigenvalue weighted by Crippen LogP contribution is -2.30. The Morgan fingerprint density at radius 2 is 1.82 bits per heavy atom. The number of carboxylic acids is 1. The largest absolute Gasteiger partial charge is 0.481 e. The van der Waals surface area contributed by atoms with Gasteiger partial charge in [0.25, 0.3) is 0 Å². The van der Waals surface area contributed by atoms with Crippen molar-refractivity contribution in [3.05, 3.63) is 35.9 Å². The van der Waals surface area contributed by atoms with E-state index in [9.17, 15) is 14.7 Å². The van der Waals surface area contributed by atoms with E-state index in [0.717, 1.165) is 5.56 Å². The zero-order valence-electron chi connectivity index (χ0n) is 9.30. The number of aliphatic hydroxyl groups excluding tert-OH is 1. The second kappa shape index (κ2) is 6.65. The molecule has 0 radical (unpaired) electrons. The molecule has 1 rings (SSSR count). The first-order valence-corrected chi connectivity index (χ1v) is 5.30. The van der Waals surface area contributed by atoms with Gasteiger partial charge in [-0.25, -0.2) is 0 Å². The van der Waals surface area contributed by atoms with Gasteiger partial charge in [-0.15, -0.1) is 0 Å². The quantitative estimate of drug-likeness (QED) is 0.679. The third kappa shape index (κ3) is 4.65. The van der Waals surface area contributed by atoms with Crippen LogP contribution in [0.25, 0.3) is 0 Å². The summed E-state index contributed by atoms with van der Waals surface area (Å²) in [7, 11) is 0. The van der Waals surface area contributed by atoms with Gasteiger partial charge in [-0.05, 0) is 5.56 Å². The zero-order valence-corrected chi connectivity index (χ0v) is 9.30. The van der Waals surface area contributed by atoms with Crippen molar-refractivity contribution in [2.24, 2.45) is 0 Å². The van der Waals surface area contributed by atoms with Crippen molar-refractivity contribution in [3.63, 3.8) is 0 Å². The van der Waals surface area contributed by atoms with Gasteiger partial charge in [0, 0.05) is 6.42 Å². The number of rotatable bonds is 6. The van der Waals surface area contributed by atoms with E-state index in [0.29, 0.717) is 0 Å². The van der Waals surface area contributed by atoms with Crippen LogP contribution in [0.4, 0.5) is 0 Å². The minimum atomic E-state index is -1.01. The molecule has 0 unspecified atom stereocenters. The summed E-state index contributed by atoms with van der Waals surface area (Å²) < 4.78 is 0. The summed E-state index contributed by atoms with van der Waals surface area (Å²) >= 11 is 0. The van der Waals surface area contributed by atoms with Gasteiger partial charge in [-0.3, -0.25) is 9.59 Å². The van der Waals surface area contributed by atoms with Gasteiger partial charge in [0.1, 0.15) is 0 Å². The molecule has 0 aliphatic rings. The minimum Gasteiger partial charge on any atom is -0.481 e. The second-order valence-electron chi connectivity index (χ2n) is 3.61. The van der Waals surface area contributed by atoms with Crippen LogP contribution in [0, 0.1) is 0 Å². The number of hydrogen-bond acceptors (Lipinski definition) is 3. The number of carbonyl (C=O) groups is 2. The lowest BCUT2D eigenvalue weighted by atomic mass is 10.1. The Hall–Kier alpha value is -1.88. The van der Waals surface area contributed by atoms with Gasteiger partial charge < -0.3 is 15.5 Å². The van der Waals surface area contributed by atoms with Crippen molar-refractivity contribution in [2.75, 3.05) is 6.61 Å². The number of nitrogens with one attached hydrogen (secondary N) is 1. The first-order valence-electron chi connectivity index (χ1n) is 5.30. The van der Waals surface area contributed by atoms with Crippen LogP contribution in [0.5, 0.6) is 0 Å². The Bertz CT molecular complexity index is 377. The Balaban J connectivity index is 2.53. The van der Waals surface area contributed by atoms with E-state index >= 15 is 0 Å². The SMILES string of the molecule is O=C(O)CCC(=O)N[C@H](CO)c1ccccc1. The molecule has 1 amide bonds. The fourth-order valence-electron chi connectivity index (χ4n) is 1.41. The average molecular weight is 237 g/mol. The summed E-state index contributed by atoms with van der Waals surface area (Å²) in [6.45, 7) is -0.219. The van der Waals surface area contributed by atoms with Gasteiger partial charge in [-0.1, -0.05) is 30.3 Å². The van der Waals surface area contributed by atoms with Crippen LogP contribution in [0.1, 0.15) is 24.4 Å². The molecule has 5 nitrogen and oxygen atoms in total. The summed E-state index contributed by atoms with van der Waals surface area (Å²) in [5, 5.41) is 20.2. The Morgan fingerprint density at radius 1 is 1.18 bits per heavy atom. The first-order chi connectivity index (χ1) is 8.13. The highest BCUT2D eigenvalue weighted by Gasteiger charge is 2.13. The Morgan fingerprint density at radius 3 is 2.35 bits per heavy atom. The Kier molecular flexibility index (Phi) is 5.16. The molecular formula is C12H15NO4. The van der Waals surface area contributed by atoms with Crippen LogP contribution in [0.2, 0.25) is 0 Å². The van der Waals surface area contributed by atoms with Gasteiger partial charge >= 0.3 is 5.97 Å². The third-order valence-electron chi connectivity index (χ3n) is 2.29. The molecule has 3 N–H and O–H groups in total. The maximum absolute atomic E-state index is 11.4. The van der Waals surface area contributed by atoms with E-state index in [1.54, 1.807) is 24.3 Å². The number of benzene rings is 1. The molecule has 0 aliphatic carbocycles. The van der Waals surface area contributed by atoms with E-state index in [1.807, 2.05) is 6.07 Å². The molecule has 1 aromatic carbocycles. The minimum absolute atomic E-state index is 0.0847. The van der Waals surface area contributed by atoms with E-state index < -0.39 is 12.0 Å². The zero-order chi connectivity index (χ0) is 12.7. The fourth-order valence-corrected chi connectivity index (χ4v) is 1.41.